The minimum absolute atomic E-state index is 0.373. The highest BCUT2D eigenvalue weighted by atomic mass is 16.5. The molecule has 18 heavy (non-hydrogen) atoms. The van der Waals surface area contributed by atoms with Crippen molar-refractivity contribution < 1.29 is 9.26 Å². The summed E-state index contributed by atoms with van der Waals surface area (Å²) in [6.45, 7) is 4.63. The van der Waals surface area contributed by atoms with Crippen molar-refractivity contribution in [3.63, 3.8) is 0 Å². The van der Waals surface area contributed by atoms with Crippen molar-refractivity contribution in [2.75, 3.05) is 6.61 Å². The van der Waals surface area contributed by atoms with Gasteiger partial charge in [-0.2, -0.15) is 5.26 Å². The van der Waals surface area contributed by atoms with Crippen molar-refractivity contribution in [3.8, 4) is 23.1 Å². The van der Waals surface area contributed by atoms with Crippen LogP contribution in [0.15, 0.2) is 28.9 Å². The van der Waals surface area contributed by atoms with Crippen LogP contribution in [-0.2, 0) is 0 Å². The van der Waals surface area contributed by atoms with Crippen LogP contribution in [0.25, 0.3) is 11.3 Å². The highest BCUT2D eigenvalue weighted by Crippen LogP contribution is 2.32. The summed E-state index contributed by atoms with van der Waals surface area (Å²) >= 11 is 0. The van der Waals surface area contributed by atoms with Crippen molar-refractivity contribution in [2.45, 2.75) is 13.8 Å². The zero-order valence-corrected chi connectivity index (χ0v) is 10.3. The summed E-state index contributed by atoms with van der Waals surface area (Å²) in [6, 6.07) is 7.42. The number of ether oxygens (including phenoxy) is 1. The fraction of sp³-hybridized carbons (Fsp3) is 0.308. The van der Waals surface area contributed by atoms with Crippen LogP contribution >= 0.6 is 0 Å². The van der Waals surface area contributed by atoms with Crippen LogP contribution in [0.4, 0.5) is 0 Å². The molecule has 5 nitrogen and oxygen atoms in total. The number of hydrogen-bond donors (Lipinski definition) is 0. The lowest BCUT2D eigenvalue weighted by Gasteiger charge is -2.12. The molecular weight excluding hydrogens is 230 g/mol. The Labute approximate surface area is 105 Å². The summed E-state index contributed by atoms with van der Waals surface area (Å²) in [6.07, 6.45) is 1.50. The molecule has 0 spiro atoms. The first-order chi connectivity index (χ1) is 8.72. The molecular formula is C13H13N3O2. The van der Waals surface area contributed by atoms with Gasteiger partial charge in [-0.3, -0.25) is 0 Å². The maximum absolute atomic E-state index is 9.11. The number of hydrogen-bond acceptors (Lipinski definition) is 5. The smallest absolute Gasteiger partial charge is 0.191 e. The third kappa shape index (κ3) is 2.48. The van der Waals surface area contributed by atoms with Crippen LogP contribution in [0.2, 0.25) is 0 Å². The number of nitrogens with zero attached hydrogens (tertiary/aromatic N) is 3. The first-order valence-electron chi connectivity index (χ1n) is 5.66. The van der Waals surface area contributed by atoms with E-state index in [1.165, 1.54) is 6.20 Å². The van der Waals surface area contributed by atoms with Crippen LogP contribution in [0.3, 0.4) is 0 Å². The lowest BCUT2D eigenvalue weighted by molar-refractivity contribution is 0.270. The Hall–Kier alpha value is -2.35. The third-order valence-electron chi connectivity index (χ3n) is 2.32. The van der Waals surface area contributed by atoms with Gasteiger partial charge in [-0.15, -0.1) is 5.10 Å². The van der Waals surface area contributed by atoms with E-state index in [-0.39, 0.29) is 0 Å². The molecule has 2 rings (SSSR count). The van der Waals surface area contributed by atoms with Gasteiger partial charge in [0.25, 0.3) is 0 Å². The molecule has 0 N–H and O–H groups in total. The Morgan fingerprint density at radius 1 is 1.44 bits per heavy atom. The summed E-state index contributed by atoms with van der Waals surface area (Å²) < 4.78 is 10.7. The molecule has 0 saturated carbocycles. The van der Waals surface area contributed by atoms with Crippen molar-refractivity contribution in [1.29, 1.82) is 5.26 Å². The van der Waals surface area contributed by atoms with Crippen LogP contribution in [0.1, 0.15) is 19.4 Å². The molecule has 5 heteroatoms. The zero-order chi connectivity index (χ0) is 13.0. The van der Waals surface area contributed by atoms with E-state index in [4.69, 9.17) is 14.5 Å². The summed E-state index contributed by atoms with van der Waals surface area (Å²) in [7, 11) is 0. The highest BCUT2D eigenvalue weighted by molar-refractivity contribution is 5.69. The van der Waals surface area contributed by atoms with Crippen LogP contribution < -0.4 is 4.74 Å². The second-order valence-electron chi connectivity index (χ2n) is 4.28. The molecule has 0 bridgehead atoms. The quantitative estimate of drug-likeness (QED) is 0.825. The van der Waals surface area contributed by atoms with Crippen LogP contribution in [-0.4, -0.2) is 17.0 Å². The molecule has 0 unspecified atom stereocenters. The molecule has 2 aromatic rings. The summed E-state index contributed by atoms with van der Waals surface area (Å²) in [5, 5.41) is 16.2. The molecule has 1 aromatic carbocycles. The number of nitriles is 1. The lowest BCUT2D eigenvalue weighted by Crippen LogP contribution is -2.06. The van der Waals surface area contributed by atoms with Gasteiger partial charge >= 0.3 is 0 Å². The molecule has 0 aliphatic rings. The van der Waals surface area contributed by atoms with E-state index in [0.29, 0.717) is 35.2 Å². The van der Waals surface area contributed by atoms with E-state index in [9.17, 15) is 0 Å². The van der Waals surface area contributed by atoms with Gasteiger partial charge in [-0.05, 0) is 18.1 Å². The van der Waals surface area contributed by atoms with E-state index < -0.39 is 0 Å². The standard InChI is InChI=1S/C13H13N3O2/c1-9(2)8-17-13-10(6-14)4-3-5-11(13)12-7-15-16-18-12/h3-5,7,9H,8H2,1-2H3. The number of benzene rings is 1. The summed E-state index contributed by atoms with van der Waals surface area (Å²) in [5.41, 5.74) is 1.17. The molecule has 1 heterocycles. The molecule has 0 amide bonds. The van der Waals surface area contributed by atoms with Gasteiger partial charge in [0.15, 0.2) is 5.76 Å². The SMILES string of the molecule is CC(C)COc1c(C#N)cccc1-c1cnno1. The zero-order valence-electron chi connectivity index (χ0n) is 10.3. The predicted octanol–water partition coefficient (Wildman–Crippen LogP) is 2.64. The molecule has 0 aliphatic heterocycles. The fourth-order valence-electron chi connectivity index (χ4n) is 1.51. The first-order valence-corrected chi connectivity index (χ1v) is 5.66. The number of rotatable bonds is 4. The molecule has 0 atom stereocenters. The van der Waals surface area contributed by atoms with E-state index >= 15 is 0 Å². The van der Waals surface area contributed by atoms with Crippen molar-refractivity contribution in [1.82, 2.24) is 10.4 Å². The minimum Gasteiger partial charge on any atom is -0.491 e. The second-order valence-corrected chi connectivity index (χ2v) is 4.28. The average Bonchev–Trinajstić information content (AvgIpc) is 2.89. The van der Waals surface area contributed by atoms with Crippen molar-refractivity contribution in [2.24, 2.45) is 5.92 Å². The maximum atomic E-state index is 9.11. The Bertz CT molecular complexity index is 556. The Balaban J connectivity index is 2.43. The highest BCUT2D eigenvalue weighted by Gasteiger charge is 2.15. The topological polar surface area (TPSA) is 71.9 Å². The van der Waals surface area contributed by atoms with Crippen LogP contribution in [0, 0.1) is 17.2 Å². The van der Waals surface area contributed by atoms with E-state index in [0.717, 1.165) is 0 Å². The molecule has 0 fully saturated rings. The molecule has 0 radical (unpaired) electrons. The maximum Gasteiger partial charge on any atom is 0.191 e. The third-order valence-corrected chi connectivity index (χ3v) is 2.32. The van der Waals surface area contributed by atoms with E-state index in [2.05, 4.69) is 16.4 Å². The average molecular weight is 243 g/mol. The Morgan fingerprint density at radius 2 is 2.28 bits per heavy atom. The number of aromatic nitrogens is 2. The van der Waals surface area contributed by atoms with Crippen molar-refractivity contribution in [3.05, 3.63) is 30.0 Å². The molecule has 0 saturated heterocycles. The Kier molecular flexibility index (Phi) is 3.58. The lowest BCUT2D eigenvalue weighted by atomic mass is 10.1. The first kappa shape index (κ1) is 12.1. The van der Waals surface area contributed by atoms with Gasteiger partial charge in [-0.1, -0.05) is 19.9 Å². The van der Waals surface area contributed by atoms with Gasteiger partial charge < -0.3 is 9.26 Å². The van der Waals surface area contributed by atoms with Gasteiger partial charge in [0, 0.05) is 5.27 Å². The number of para-hydroxylation sites is 1. The van der Waals surface area contributed by atoms with E-state index in [1.807, 2.05) is 19.9 Å². The monoisotopic (exact) mass is 243 g/mol. The van der Waals surface area contributed by atoms with Crippen molar-refractivity contribution >= 4 is 0 Å². The largest absolute Gasteiger partial charge is 0.491 e. The second kappa shape index (κ2) is 5.32. The normalized spacial score (nSPS) is 10.3. The molecule has 1 aromatic heterocycles. The van der Waals surface area contributed by atoms with Gasteiger partial charge in [0.1, 0.15) is 11.8 Å². The van der Waals surface area contributed by atoms with Crippen LogP contribution in [0.5, 0.6) is 5.75 Å². The Morgan fingerprint density at radius 3 is 2.89 bits per heavy atom. The van der Waals surface area contributed by atoms with Gasteiger partial charge in [0.2, 0.25) is 0 Å². The van der Waals surface area contributed by atoms with E-state index in [1.54, 1.807) is 12.1 Å². The summed E-state index contributed by atoms with van der Waals surface area (Å²) in [4.78, 5) is 0. The molecule has 0 aliphatic carbocycles. The minimum atomic E-state index is 0.373. The molecule has 92 valence electrons. The summed E-state index contributed by atoms with van der Waals surface area (Å²) in [5.74, 6) is 1.38. The predicted molar refractivity (Wildman–Crippen MR) is 64.8 cm³/mol. The van der Waals surface area contributed by atoms with Gasteiger partial charge in [-0.25, -0.2) is 0 Å². The fourth-order valence-corrected chi connectivity index (χ4v) is 1.51. The van der Waals surface area contributed by atoms with Gasteiger partial charge in [0.05, 0.1) is 23.9 Å².